The van der Waals surface area contributed by atoms with Crippen LogP contribution in [0.5, 0.6) is 0 Å². The zero-order valence-electron chi connectivity index (χ0n) is 14.7. The third-order valence-corrected chi connectivity index (χ3v) is 5.94. The van der Waals surface area contributed by atoms with Gasteiger partial charge in [0.15, 0.2) is 0 Å². The largest absolute Gasteiger partial charge is 0.336 e. The smallest absolute Gasteiger partial charge is 0.274 e. The van der Waals surface area contributed by atoms with Crippen molar-refractivity contribution in [2.24, 2.45) is 5.41 Å². The zero-order chi connectivity index (χ0) is 19.0. The van der Waals surface area contributed by atoms with Crippen LogP contribution in [0.25, 0.3) is 0 Å². The molecule has 2 N–H and O–H groups in total. The number of aryl methyl sites for hydroxylation is 1. The first kappa shape index (κ1) is 17.9. The van der Waals surface area contributed by atoms with Crippen LogP contribution >= 0.6 is 11.6 Å². The number of carbonyl (C=O) groups excluding carboxylic acids is 2. The molecule has 1 atom stereocenters. The Morgan fingerprint density at radius 2 is 2.11 bits per heavy atom. The average Bonchev–Trinajstić information content (AvgIpc) is 2.98. The highest BCUT2D eigenvalue weighted by Gasteiger charge is 2.48. The minimum atomic E-state index is -0.536. The predicted molar refractivity (Wildman–Crippen MR) is 99.4 cm³/mol. The summed E-state index contributed by atoms with van der Waals surface area (Å²) in [5.41, 5.74) is 4.67. The summed E-state index contributed by atoms with van der Waals surface area (Å²) in [6.07, 6.45) is 4.65. The van der Waals surface area contributed by atoms with Gasteiger partial charge in [-0.05, 0) is 61.1 Å². The van der Waals surface area contributed by atoms with Crippen molar-refractivity contribution >= 4 is 23.4 Å². The Bertz CT molecular complexity index is 900. The topological polar surface area (TPSA) is 82.5 Å². The van der Waals surface area contributed by atoms with Crippen molar-refractivity contribution in [1.82, 2.24) is 15.4 Å². The molecule has 140 valence electrons. The van der Waals surface area contributed by atoms with Crippen molar-refractivity contribution in [2.75, 3.05) is 6.54 Å². The molecular weight excluding hydrogens is 366 g/mol. The normalized spacial score (nSPS) is 21.4. The molecule has 2 aliphatic rings. The van der Waals surface area contributed by atoms with Crippen molar-refractivity contribution < 1.29 is 14.8 Å². The quantitative estimate of drug-likeness (QED) is 0.628. The van der Waals surface area contributed by atoms with Gasteiger partial charge >= 0.3 is 0 Å². The van der Waals surface area contributed by atoms with Crippen molar-refractivity contribution in [3.63, 3.8) is 0 Å². The van der Waals surface area contributed by atoms with E-state index in [1.54, 1.807) is 29.9 Å². The minimum absolute atomic E-state index is 0.155. The summed E-state index contributed by atoms with van der Waals surface area (Å²) >= 11 is 5.88. The lowest BCUT2D eigenvalue weighted by molar-refractivity contribution is -0.137. The SMILES string of the molecule is O=C(NO)c1ccc2c(c1)C[C@]1(CC2)CCN(Cc2ccc(Cl)cn2)C1=O. The van der Waals surface area contributed by atoms with Crippen molar-refractivity contribution in [3.8, 4) is 0 Å². The fourth-order valence-electron chi connectivity index (χ4n) is 4.20. The highest BCUT2D eigenvalue weighted by atomic mass is 35.5. The molecule has 1 aromatic heterocycles. The third-order valence-electron chi connectivity index (χ3n) is 5.71. The number of carbonyl (C=O) groups is 2. The van der Waals surface area contributed by atoms with Gasteiger partial charge in [-0.25, -0.2) is 5.48 Å². The molecule has 6 nitrogen and oxygen atoms in total. The second kappa shape index (κ2) is 6.94. The maximum atomic E-state index is 13.2. The Morgan fingerprint density at radius 3 is 2.85 bits per heavy atom. The van der Waals surface area contributed by atoms with Gasteiger partial charge in [0.25, 0.3) is 5.91 Å². The lowest BCUT2D eigenvalue weighted by Crippen LogP contribution is -2.38. The van der Waals surface area contributed by atoms with Crippen molar-refractivity contribution in [1.29, 1.82) is 0 Å². The van der Waals surface area contributed by atoms with E-state index in [1.165, 1.54) is 5.56 Å². The fraction of sp³-hybridized carbons (Fsp3) is 0.350. The number of aromatic nitrogens is 1. The second-order valence-electron chi connectivity index (χ2n) is 7.33. The molecule has 0 unspecified atom stereocenters. The van der Waals surface area contributed by atoms with Crippen LogP contribution < -0.4 is 5.48 Å². The number of hydrogen-bond acceptors (Lipinski definition) is 4. The number of rotatable bonds is 3. The Balaban J connectivity index is 1.54. The lowest BCUT2D eigenvalue weighted by atomic mass is 9.70. The molecule has 1 saturated heterocycles. The molecule has 27 heavy (non-hydrogen) atoms. The Hall–Kier alpha value is -2.44. The van der Waals surface area contributed by atoms with Crippen LogP contribution in [0.1, 0.15) is 40.0 Å². The van der Waals surface area contributed by atoms with Crippen LogP contribution in [-0.4, -0.2) is 33.5 Å². The number of benzene rings is 1. The summed E-state index contributed by atoms with van der Waals surface area (Å²) in [4.78, 5) is 31.1. The maximum absolute atomic E-state index is 13.2. The third kappa shape index (κ3) is 3.31. The molecule has 0 saturated carbocycles. The molecule has 0 bridgehead atoms. The van der Waals surface area contributed by atoms with Gasteiger partial charge in [0.1, 0.15) is 0 Å². The van der Waals surface area contributed by atoms with E-state index in [9.17, 15) is 9.59 Å². The standard InChI is InChI=1S/C20H20ClN3O3/c21-16-3-4-17(22-11-16)12-24-8-7-20(19(24)26)6-5-13-1-2-14(18(25)23-27)9-15(13)10-20/h1-4,9,11,27H,5-8,10,12H2,(H,23,25)/t20-/m0/s1. The van der Waals surface area contributed by atoms with Gasteiger partial charge in [0, 0.05) is 18.3 Å². The van der Waals surface area contributed by atoms with Crippen LogP contribution in [-0.2, 0) is 24.2 Å². The molecule has 1 fully saturated rings. The number of amides is 2. The van der Waals surface area contributed by atoms with E-state index >= 15 is 0 Å². The number of nitrogens with zero attached hydrogens (tertiary/aromatic N) is 2. The number of halogens is 1. The van der Waals surface area contributed by atoms with Crippen molar-refractivity contribution in [2.45, 2.75) is 32.2 Å². The maximum Gasteiger partial charge on any atom is 0.274 e. The van der Waals surface area contributed by atoms with Crippen LogP contribution in [0.3, 0.4) is 0 Å². The second-order valence-corrected chi connectivity index (χ2v) is 7.76. The fourth-order valence-corrected chi connectivity index (χ4v) is 4.31. The summed E-state index contributed by atoms with van der Waals surface area (Å²) in [6.45, 7) is 1.19. The number of likely N-dealkylation sites (tertiary alicyclic amines) is 1. The van der Waals surface area contributed by atoms with Gasteiger partial charge in [0.2, 0.25) is 5.91 Å². The average molecular weight is 386 g/mol. The Kier molecular flexibility index (Phi) is 4.61. The Labute approximate surface area is 162 Å². The first-order chi connectivity index (χ1) is 13.0. The highest BCUT2D eigenvalue weighted by molar-refractivity contribution is 6.30. The van der Waals surface area contributed by atoms with E-state index in [-0.39, 0.29) is 5.91 Å². The molecule has 2 amide bonds. The summed E-state index contributed by atoms with van der Waals surface area (Å²) in [7, 11) is 0. The van der Waals surface area contributed by atoms with Gasteiger partial charge < -0.3 is 4.90 Å². The summed E-state index contributed by atoms with van der Waals surface area (Å²) in [5.74, 6) is -0.382. The van der Waals surface area contributed by atoms with E-state index < -0.39 is 11.3 Å². The first-order valence-corrected chi connectivity index (χ1v) is 9.35. The van der Waals surface area contributed by atoms with Gasteiger partial charge in [-0.1, -0.05) is 17.7 Å². The van der Waals surface area contributed by atoms with E-state index in [1.807, 2.05) is 17.0 Å². The van der Waals surface area contributed by atoms with Crippen LogP contribution in [0.4, 0.5) is 0 Å². The van der Waals surface area contributed by atoms with Crippen LogP contribution in [0.2, 0.25) is 5.02 Å². The molecule has 2 aromatic rings. The van der Waals surface area contributed by atoms with Gasteiger partial charge in [-0.3, -0.25) is 19.8 Å². The molecule has 1 aromatic carbocycles. The molecular formula is C20H20ClN3O3. The lowest BCUT2D eigenvalue weighted by Gasteiger charge is -2.33. The summed E-state index contributed by atoms with van der Waals surface area (Å²) < 4.78 is 0. The zero-order valence-corrected chi connectivity index (χ0v) is 15.5. The van der Waals surface area contributed by atoms with E-state index in [4.69, 9.17) is 16.8 Å². The monoisotopic (exact) mass is 385 g/mol. The number of nitrogens with one attached hydrogen (secondary N) is 1. The molecule has 1 aliphatic heterocycles. The molecule has 1 spiro atoms. The molecule has 4 rings (SSSR count). The predicted octanol–water partition coefficient (Wildman–Crippen LogP) is 2.76. The van der Waals surface area contributed by atoms with Gasteiger partial charge in [-0.2, -0.15) is 0 Å². The first-order valence-electron chi connectivity index (χ1n) is 8.97. The number of fused-ring (bicyclic) bond motifs is 1. The van der Waals surface area contributed by atoms with E-state index in [0.717, 1.165) is 30.5 Å². The van der Waals surface area contributed by atoms with E-state index in [0.29, 0.717) is 30.1 Å². The molecule has 0 radical (unpaired) electrons. The minimum Gasteiger partial charge on any atom is -0.336 e. The number of hydrogen-bond donors (Lipinski definition) is 2. The van der Waals surface area contributed by atoms with Gasteiger partial charge in [0.05, 0.1) is 22.7 Å². The summed E-state index contributed by atoms with van der Waals surface area (Å²) in [5, 5.41) is 9.44. The number of pyridine rings is 1. The molecule has 1 aliphatic carbocycles. The van der Waals surface area contributed by atoms with Crippen LogP contribution in [0.15, 0.2) is 36.5 Å². The molecule has 7 heteroatoms. The molecule has 2 heterocycles. The number of hydroxylamine groups is 1. The Morgan fingerprint density at radius 1 is 1.26 bits per heavy atom. The summed E-state index contributed by atoms with van der Waals surface area (Å²) in [6, 6.07) is 9.04. The van der Waals surface area contributed by atoms with Crippen LogP contribution in [0, 0.1) is 5.41 Å². The van der Waals surface area contributed by atoms with Gasteiger partial charge in [-0.15, -0.1) is 0 Å². The highest BCUT2D eigenvalue weighted by Crippen LogP contribution is 2.44. The van der Waals surface area contributed by atoms with Crippen molar-refractivity contribution in [3.05, 3.63) is 63.9 Å². The van der Waals surface area contributed by atoms with E-state index in [2.05, 4.69) is 4.98 Å².